The van der Waals surface area contributed by atoms with Gasteiger partial charge in [-0.2, -0.15) is 0 Å². The second kappa shape index (κ2) is 8.46. The van der Waals surface area contributed by atoms with Crippen LogP contribution in [0.15, 0.2) is 63.2 Å². The third-order valence-electron chi connectivity index (χ3n) is 4.75. The molecule has 0 bridgehead atoms. The van der Waals surface area contributed by atoms with Crippen LogP contribution in [0.1, 0.15) is 35.3 Å². The highest BCUT2D eigenvalue weighted by molar-refractivity contribution is 9.10. The van der Waals surface area contributed by atoms with Gasteiger partial charge in [0.25, 0.3) is 0 Å². The first-order valence-electron chi connectivity index (χ1n) is 9.30. The van der Waals surface area contributed by atoms with Crippen LogP contribution in [0.2, 0.25) is 0 Å². The van der Waals surface area contributed by atoms with Gasteiger partial charge in [-0.25, -0.2) is 4.98 Å². The predicted octanol–water partition coefficient (Wildman–Crippen LogP) is 5.00. The number of hydrogen-bond acceptors (Lipinski definition) is 5. The van der Waals surface area contributed by atoms with Crippen molar-refractivity contribution in [2.45, 2.75) is 25.3 Å². The standard InChI is InChI=1S/C20H18BrN7O/c21-14-9-7-13(8-10-14)19-24-15(5-1-3-11-23-27-22)18(29)17-20(26-19)25-16-6-2-4-12-28(16)17/h2,4,6-10,12,15H,1,3,5,11H2,(H,24,26)/t15-/m0/s1. The van der Waals surface area contributed by atoms with E-state index in [9.17, 15) is 4.79 Å². The summed E-state index contributed by atoms with van der Waals surface area (Å²) in [7, 11) is 0. The molecule has 1 aliphatic heterocycles. The van der Waals surface area contributed by atoms with Gasteiger partial charge in [0.1, 0.15) is 23.2 Å². The number of nitrogens with one attached hydrogen (secondary N) is 1. The Kier molecular flexibility index (Phi) is 5.59. The SMILES string of the molecule is [N-]=[N+]=NCCCC[C@@H]1N=C(c2ccc(Br)cc2)Nc2nc3ccccn3c2C1=O. The molecule has 3 heterocycles. The van der Waals surface area contributed by atoms with Crippen LogP contribution in [0, 0.1) is 0 Å². The van der Waals surface area contributed by atoms with Gasteiger partial charge >= 0.3 is 0 Å². The number of amidine groups is 1. The Bertz CT molecular complexity index is 1130. The first-order valence-corrected chi connectivity index (χ1v) is 10.1. The van der Waals surface area contributed by atoms with E-state index in [0.29, 0.717) is 42.4 Å². The maximum absolute atomic E-state index is 13.4. The largest absolute Gasteiger partial charge is 0.323 e. The Morgan fingerprint density at radius 2 is 2.03 bits per heavy atom. The summed E-state index contributed by atoms with van der Waals surface area (Å²) in [5.41, 5.74) is 10.5. The average Bonchev–Trinajstić information content (AvgIpc) is 3.03. The highest BCUT2D eigenvalue weighted by Crippen LogP contribution is 2.26. The molecule has 0 radical (unpaired) electrons. The molecule has 4 rings (SSSR count). The summed E-state index contributed by atoms with van der Waals surface area (Å²) >= 11 is 3.45. The van der Waals surface area contributed by atoms with Gasteiger partial charge in [-0.15, -0.1) is 0 Å². The molecule has 0 saturated heterocycles. The van der Waals surface area contributed by atoms with Crippen molar-refractivity contribution in [1.82, 2.24) is 9.38 Å². The van der Waals surface area contributed by atoms with Gasteiger partial charge in [0, 0.05) is 27.7 Å². The van der Waals surface area contributed by atoms with Crippen LogP contribution in [0.25, 0.3) is 16.1 Å². The molecule has 0 amide bonds. The molecule has 1 aliphatic rings. The number of unbranched alkanes of at least 4 members (excludes halogenated alkanes) is 1. The van der Waals surface area contributed by atoms with E-state index in [0.717, 1.165) is 16.5 Å². The van der Waals surface area contributed by atoms with E-state index in [1.54, 1.807) is 4.40 Å². The molecule has 0 saturated carbocycles. The van der Waals surface area contributed by atoms with E-state index in [-0.39, 0.29) is 5.78 Å². The lowest BCUT2D eigenvalue weighted by molar-refractivity contribution is 0.0953. The molecule has 0 spiro atoms. The maximum atomic E-state index is 13.4. The van der Waals surface area contributed by atoms with Gasteiger partial charge < -0.3 is 5.32 Å². The van der Waals surface area contributed by atoms with Gasteiger partial charge in [-0.05, 0) is 42.6 Å². The summed E-state index contributed by atoms with van der Waals surface area (Å²) in [4.78, 5) is 25.5. The summed E-state index contributed by atoms with van der Waals surface area (Å²) in [6.45, 7) is 0.416. The molecule has 1 aromatic carbocycles. The van der Waals surface area contributed by atoms with Gasteiger partial charge in [0.15, 0.2) is 5.82 Å². The fourth-order valence-electron chi connectivity index (χ4n) is 3.35. The van der Waals surface area contributed by atoms with Crippen LogP contribution in [0.5, 0.6) is 0 Å². The summed E-state index contributed by atoms with van der Waals surface area (Å²) < 4.78 is 2.77. The molecule has 29 heavy (non-hydrogen) atoms. The number of azide groups is 1. The number of hydrogen-bond donors (Lipinski definition) is 1. The molecule has 3 aromatic rings. The number of carbonyl (C=O) groups is 1. The lowest BCUT2D eigenvalue weighted by Gasteiger charge is -2.11. The van der Waals surface area contributed by atoms with Crippen molar-refractivity contribution in [3.63, 3.8) is 0 Å². The van der Waals surface area contributed by atoms with E-state index >= 15 is 0 Å². The van der Waals surface area contributed by atoms with Crippen molar-refractivity contribution in [2.75, 3.05) is 11.9 Å². The zero-order valence-corrected chi connectivity index (χ0v) is 17.1. The molecule has 8 nitrogen and oxygen atoms in total. The maximum Gasteiger partial charge on any atom is 0.207 e. The van der Waals surface area contributed by atoms with Gasteiger partial charge in [0.05, 0.1) is 0 Å². The van der Waals surface area contributed by atoms with E-state index in [2.05, 4.69) is 36.3 Å². The second-order valence-corrected chi connectivity index (χ2v) is 7.59. The Labute approximate surface area is 175 Å². The summed E-state index contributed by atoms with van der Waals surface area (Å²) in [5, 5.41) is 6.83. The number of pyridine rings is 1. The van der Waals surface area contributed by atoms with Crippen LogP contribution in [0.4, 0.5) is 5.82 Å². The number of halogens is 1. The fourth-order valence-corrected chi connectivity index (χ4v) is 3.61. The highest BCUT2D eigenvalue weighted by atomic mass is 79.9. The van der Waals surface area contributed by atoms with Gasteiger partial charge in [0.2, 0.25) is 5.78 Å². The van der Waals surface area contributed by atoms with Crippen molar-refractivity contribution in [2.24, 2.45) is 10.1 Å². The number of benzene rings is 1. The van der Waals surface area contributed by atoms with Crippen molar-refractivity contribution in [1.29, 1.82) is 0 Å². The number of fused-ring (bicyclic) bond motifs is 3. The van der Waals surface area contributed by atoms with Crippen molar-refractivity contribution >= 4 is 39.0 Å². The summed E-state index contributed by atoms with van der Waals surface area (Å²) in [6.07, 6.45) is 3.86. The predicted molar refractivity (Wildman–Crippen MR) is 115 cm³/mol. The summed E-state index contributed by atoms with van der Waals surface area (Å²) in [5.74, 6) is 1.06. The minimum absolute atomic E-state index is 0.0675. The Hall–Kier alpha value is -3.16. The van der Waals surface area contributed by atoms with E-state index in [1.807, 2.05) is 48.7 Å². The molecule has 0 aliphatic carbocycles. The normalized spacial score (nSPS) is 15.8. The molecular weight excluding hydrogens is 434 g/mol. The number of Topliss-reactive ketones (excluding diaryl/α,β-unsaturated/α-hetero) is 1. The van der Waals surface area contributed by atoms with Crippen LogP contribution < -0.4 is 5.32 Å². The number of aliphatic imine (C=N–C) groups is 1. The molecule has 1 N–H and O–H groups in total. The molecule has 0 unspecified atom stereocenters. The fraction of sp³-hybridized carbons (Fsp3) is 0.250. The average molecular weight is 452 g/mol. The first kappa shape index (κ1) is 19.2. The number of ketones is 1. The van der Waals surface area contributed by atoms with Crippen molar-refractivity contribution < 1.29 is 4.79 Å². The van der Waals surface area contributed by atoms with Crippen LogP contribution in [-0.2, 0) is 0 Å². The lowest BCUT2D eigenvalue weighted by Crippen LogP contribution is -2.21. The second-order valence-electron chi connectivity index (χ2n) is 6.68. The number of nitrogens with zero attached hydrogens (tertiary/aromatic N) is 6. The van der Waals surface area contributed by atoms with Crippen LogP contribution in [-0.4, -0.2) is 33.6 Å². The number of imidazole rings is 1. The van der Waals surface area contributed by atoms with Crippen LogP contribution in [0.3, 0.4) is 0 Å². The van der Waals surface area contributed by atoms with Crippen molar-refractivity contribution in [3.8, 4) is 0 Å². The third kappa shape index (κ3) is 4.01. The molecule has 0 fully saturated rings. The number of aromatic nitrogens is 2. The molecular formula is C20H18BrN7O. The number of anilines is 1. The Balaban J connectivity index is 1.72. The molecule has 1 atom stereocenters. The third-order valence-corrected chi connectivity index (χ3v) is 5.28. The monoisotopic (exact) mass is 451 g/mol. The minimum atomic E-state index is -0.534. The van der Waals surface area contributed by atoms with E-state index in [1.165, 1.54) is 0 Å². The minimum Gasteiger partial charge on any atom is -0.323 e. The lowest BCUT2D eigenvalue weighted by atomic mass is 10.0. The number of rotatable bonds is 6. The smallest absolute Gasteiger partial charge is 0.207 e. The van der Waals surface area contributed by atoms with Crippen molar-refractivity contribution in [3.05, 3.63) is 74.8 Å². The summed E-state index contributed by atoms with van der Waals surface area (Å²) in [6, 6.07) is 12.9. The van der Waals surface area contributed by atoms with Crippen LogP contribution >= 0.6 is 15.9 Å². The zero-order chi connectivity index (χ0) is 20.2. The van der Waals surface area contributed by atoms with E-state index < -0.39 is 6.04 Å². The Morgan fingerprint density at radius 3 is 2.83 bits per heavy atom. The zero-order valence-electron chi connectivity index (χ0n) is 15.5. The van der Waals surface area contributed by atoms with E-state index in [4.69, 9.17) is 10.5 Å². The topological polar surface area (TPSA) is 108 Å². The van der Waals surface area contributed by atoms with Gasteiger partial charge in [-0.1, -0.05) is 45.7 Å². The van der Waals surface area contributed by atoms with Gasteiger partial charge in [-0.3, -0.25) is 14.2 Å². The molecule has 2 aromatic heterocycles. The quantitative estimate of drug-likeness (QED) is 0.246. The number of carbonyl (C=O) groups excluding carboxylic acids is 1. The Morgan fingerprint density at radius 1 is 1.21 bits per heavy atom. The molecule has 9 heteroatoms. The molecule has 146 valence electrons. The highest BCUT2D eigenvalue weighted by Gasteiger charge is 2.30. The first-order chi connectivity index (χ1) is 14.2.